The monoisotopic (exact) mass is 409 g/mol. The average Bonchev–Trinajstić information content (AvgIpc) is 2.79. The topological polar surface area (TPSA) is 84.7 Å². The van der Waals surface area contributed by atoms with Crippen LogP contribution in [0.2, 0.25) is 0 Å². The zero-order valence-corrected chi connectivity index (χ0v) is 17.2. The summed E-state index contributed by atoms with van der Waals surface area (Å²) >= 11 is 0. The molecule has 7 heteroatoms. The third-order valence-electron chi connectivity index (χ3n) is 5.27. The Morgan fingerprint density at radius 3 is 2.67 bits per heavy atom. The Morgan fingerprint density at radius 2 is 2.00 bits per heavy atom. The summed E-state index contributed by atoms with van der Waals surface area (Å²) in [4.78, 5) is 25.4. The molecule has 3 rings (SSSR count). The van der Waals surface area contributed by atoms with Crippen molar-refractivity contribution in [1.29, 1.82) is 0 Å². The lowest BCUT2D eigenvalue weighted by atomic mass is 9.99. The van der Waals surface area contributed by atoms with E-state index in [4.69, 9.17) is 4.74 Å². The second-order valence-corrected chi connectivity index (χ2v) is 7.25. The van der Waals surface area contributed by atoms with Gasteiger partial charge in [-0.15, -0.1) is 0 Å². The minimum atomic E-state index is -0.564. The van der Waals surface area contributed by atoms with Crippen molar-refractivity contribution in [2.75, 3.05) is 33.3 Å². The van der Waals surface area contributed by atoms with Crippen LogP contribution in [0.5, 0.6) is 5.75 Å². The van der Waals surface area contributed by atoms with Gasteiger partial charge >= 0.3 is 0 Å². The number of benzene rings is 2. The highest BCUT2D eigenvalue weighted by molar-refractivity contribution is 5.98. The molecule has 158 valence electrons. The molecule has 1 heterocycles. The maximum atomic E-state index is 12.3. The van der Waals surface area contributed by atoms with Gasteiger partial charge in [0.2, 0.25) is 0 Å². The van der Waals surface area contributed by atoms with Crippen LogP contribution >= 0.6 is 0 Å². The maximum Gasteiger partial charge on any atom is 0.285 e. The second-order valence-electron chi connectivity index (χ2n) is 7.25. The molecule has 1 amide bonds. The Hall–Kier alpha value is -3.19. The Labute approximate surface area is 176 Å². The van der Waals surface area contributed by atoms with Crippen LogP contribution in [0.3, 0.4) is 0 Å². The normalized spacial score (nSPS) is 14.1. The average molecular weight is 409 g/mol. The Morgan fingerprint density at radius 1 is 1.20 bits per heavy atom. The molecule has 0 aromatic heterocycles. The smallest absolute Gasteiger partial charge is 0.285 e. The van der Waals surface area contributed by atoms with Gasteiger partial charge in [-0.05, 0) is 49.1 Å². The first-order valence-electron chi connectivity index (χ1n) is 10.2. The summed E-state index contributed by atoms with van der Waals surface area (Å²) in [5.74, 6) is -0.0815. The molecule has 0 unspecified atom stereocenters. The van der Waals surface area contributed by atoms with Gasteiger partial charge in [-0.2, -0.15) is 0 Å². The van der Waals surface area contributed by atoms with E-state index >= 15 is 0 Å². The van der Waals surface area contributed by atoms with Crippen molar-refractivity contribution in [3.8, 4) is 5.75 Å². The van der Waals surface area contributed by atoms with Gasteiger partial charge in [0.25, 0.3) is 11.6 Å². The molecule has 0 fully saturated rings. The molecule has 2 aromatic rings. The molecule has 0 aliphatic carbocycles. The highest BCUT2D eigenvalue weighted by Crippen LogP contribution is 2.24. The van der Waals surface area contributed by atoms with E-state index in [0.717, 1.165) is 38.9 Å². The summed E-state index contributed by atoms with van der Waals surface area (Å²) in [6.07, 6.45) is 5.12. The number of hydrogen-bond acceptors (Lipinski definition) is 5. The molecule has 0 atom stereocenters. The van der Waals surface area contributed by atoms with E-state index in [2.05, 4.69) is 40.6 Å². The molecular formula is C23H27N3O4. The van der Waals surface area contributed by atoms with E-state index in [1.165, 1.54) is 30.4 Å². The molecule has 1 aliphatic rings. The zero-order chi connectivity index (χ0) is 21.3. The zero-order valence-electron chi connectivity index (χ0n) is 17.2. The van der Waals surface area contributed by atoms with Gasteiger partial charge in [-0.3, -0.25) is 19.8 Å². The van der Waals surface area contributed by atoms with Crippen molar-refractivity contribution in [1.82, 2.24) is 10.2 Å². The molecule has 0 bridgehead atoms. The molecule has 7 nitrogen and oxygen atoms in total. The summed E-state index contributed by atoms with van der Waals surface area (Å²) in [6, 6.07) is 14.7. The number of amides is 1. The lowest BCUT2D eigenvalue weighted by Gasteiger charge is -2.26. The summed E-state index contributed by atoms with van der Waals surface area (Å²) in [6.45, 7) is 3.43. The molecule has 0 saturated carbocycles. The quantitative estimate of drug-likeness (QED) is 0.386. The molecule has 0 spiro atoms. The first kappa shape index (κ1) is 21.5. The molecule has 30 heavy (non-hydrogen) atoms. The van der Waals surface area contributed by atoms with Crippen molar-refractivity contribution in [2.45, 2.75) is 19.3 Å². The number of nitrogens with zero attached hydrogens (tertiary/aromatic N) is 2. The Bertz CT molecular complexity index is 912. The van der Waals surface area contributed by atoms with Gasteiger partial charge in [0.1, 0.15) is 11.3 Å². The van der Waals surface area contributed by atoms with Gasteiger partial charge in [0.15, 0.2) is 0 Å². The fourth-order valence-electron chi connectivity index (χ4n) is 3.57. The third kappa shape index (κ3) is 5.67. The van der Waals surface area contributed by atoms with Gasteiger partial charge in [-0.1, -0.05) is 36.4 Å². The number of nitrogens with one attached hydrogen (secondary N) is 1. The van der Waals surface area contributed by atoms with Crippen LogP contribution in [0.25, 0.3) is 5.57 Å². The van der Waals surface area contributed by atoms with Crippen molar-refractivity contribution in [3.05, 3.63) is 75.8 Å². The van der Waals surface area contributed by atoms with E-state index < -0.39 is 10.8 Å². The molecule has 1 aliphatic heterocycles. The highest BCUT2D eigenvalue weighted by atomic mass is 16.6. The lowest BCUT2D eigenvalue weighted by molar-refractivity contribution is -0.385. The van der Waals surface area contributed by atoms with Gasteiger partial charge in [-0.25, -0.2) is 0 Å². The first-order chi connectivity index (χ1) is 14.6. The summed E-state index contributed by atoms with van der Waals surface area (Å²) in [5.41, 5.74) is 2.50. The van der Waals surface area contributed by atoms with Crippen molar-refractivity contribution in [3.63, 3.8) is 0 Å². The number of rotatable bonds is 9. The number of nitro groups is 1. The van der Waals surface area contributed by atoms with E-state index in [0.29, 0.717) is 12.3 Å². The second kappa shape index (κ2) is 10.5. The number of ether oxygens (including phenoxy) is 1. The lowest BCUT2D eigenvalue weighted by Crippen LogP contribution is -2.30. The predicted octanol–water partition coefficient (Wildman–Crippen LogP) is 3.90. The van der Waals surface area contributed by atoms with Crippen LogP contribution in [0, 0.1) is 10.1 Å². The molecule has 2 aromatic carbocycles. The number of hydrogen-bond donors (Lipinski definition) is 1. The van der Waals surface area contributed by atoms with Crippen LogP contribution in [-0.4, -0.2) is 49.0 Å². The maximum absolute atomic E-state index is 12.3. The largest absolute Gasteiger partial charge is 0.497 e. The standard InChI is InChI=1S/C23H27N3O4/c1-30-20-9-10-21(22(17-20)26(28)29)23(27)24-13-5-6-14-25-15-11-19(12-16-25)18-7-3-2-4-8-18/h2-4,7-11,17H,5-6,12-16H2,1H3,(H,24,27). The number of unbranched alkanes of at least 4 members (excludes halogenated alkanes) is 1. The van der Waals surface area contributed by atoms with Crippen molar-refractivity contribution >= 4 is 17.2 Å². The van der Waals surface area contributed by atoms with Gasteiger partial charge in [0, 0.05) is 19.6 Å². The van der Waals surface area contributed by atoms with Gasteiger partial charge < -0.3 is 10.1 Å². The highest BCUT2D eigenvalue weighted by Gasteiger charge is 2.21. The summed E-state index contributed by atoms with van der Waals surface area (Å²) < 4.78 is 5.00. The molecular weight excluding hydrogens is 382 g/mol. The predicted molar refractivity (Wildman–Crippen MR) is 117 cm³/mol. The Kier molecular flexibility index (Phi) is 7.57. The number of carbonyl (C=O) groups is 1. The third-order valence-corrected chi connectivity index (χ3v) is 5.27. The minimum absolute atomic E-state index is 0.0513. The SMILES string of the molecule is COc1ccc(C(=O)NCCCCN2CC=C(c3ccccc3)CC2)c([N+](=O)[O-])c1. The fourth-order valence-corrected chi connectivity index (χ4v) is 3.57. The first-order valence-corrected chi connectivity index (χ1v) is 10.2. The number of methoxy groups -OCH3 is 1. The van der Waals surface area contributed by atoms with Gasteiger partial charge in [0.05, 0.1) is 18.1 Å². The van der Waals surface area contributed by atoms with Crippen molar-refractivity contribution in [2.24, 2.45) is 0 Å². The number of nitro benzene ring substituents is 1. The molecule has 1 N–H and O–H groups in total. The van der Waals surface area contributed by atoms with Crippen LogP contribution in [0.15, 0.2) is 54.6 Å². The molecule has 0 saturated heterocycles. The Balaban J connectivity index is 1.40. The van der Waals surface area contributed by atoms with E-state index in [1.54, 1.807) is 6.07 Å². The van der Waals surface area contributed by atoms with Crippen LogP contribution in [0.4, 0.5) is 5.69 Å². The fraction of sp³-hybridized carbons (Fsp3) is 0.348. The summed E-state index contributed by atoms with van der Waals surface area (Å²) in [5, 5.41) is 14.0. The van der Waals surface area contributed by atoms with E-state index in [-0.39, 0.29) is 11.3 Å². The van der Waals surface area contributed by atoms with E-state index in [9.17, 15) is 14.9 Å². The van der Waals surface area contributed by atoms with Crippen molar-refractivity contribution < 1.29 is 14.5 Å². The van der Waals surface area contributed by atoms with Crippen LogP contribution < -0.4 is 10.1 Å². The van der Waals surface area contributed by atoms with Crippen LogP contribution in [0.1, 0.15) is 35.2 Å². The van der Waals surface area contributed by atoms with Crippen LogP contribution in [-0.2, 0) is 0 Å². The van der Waals surface area contributed by atoms with E-state index in [1.807, 2.05) is 6.07 Å². The number of carbonyl (C=O) groups excluding carboxylic acids is 1. The molecule has 0 radical (unpaired) electrons. The summed E-state index contributed by atoms with van der Waals surface area (Å²) in [7, 11) is 1.43. The minimum Gasteiger partial charge on any atom is -0.497 e.